The molecule has 10 heteroatoms. The number of hydrogen-bond acceptors (Lipinski definition) is 2. The zero-order valence-electron chi connectivity index (χ0n) is 16.5. The molecule has 0 atom stereocenters. The number of rotatable bonds is 3. The van der Waals surface area contributed by atoms with Crippen LogP contribution in [0.25, 0.3) is 0 Å². The van der Waals surface area contributed by atoms with E-state index in [1.165, 1.54) is 0 Å². The molecular formula is C20H18Co2O8. The van der Waals surface area contributed by atoms with Crippen molar-refractivity contribution in [3.63, 3.8) is 0 Å². The summed E-state index contributed by atoms with van der Waals surface area (Å²) in [7, 11) is 1.60. The Morgan fingerprint density at radius 3 is 1.37 bits per heavy atom. The second kappa shape index (κ2) is 71.3. The Hall–Kier alpha value is -2.06. The van der Waals surface area contributed by atoms with E-state index < -0.39 is 0 Å². The van der Waals surface area contributed by atoms with Crippen molar-refractivity contribution in [1.29, 1.82) is 0 Å². The monoisotopic (exact) mass is 504 g/mol. The van der Waals surface area contributed by atoms with E-state index in [-0.39, 0.29) is 44.8 Å². The largest absolute Gasteiger partial charge is 0 e. The number of ketones is 1. The smallest absolute Gasteiger partial charge is 0 e. The fourth-order valence-corrected chi connectivity index (χ4v) is 0.711. The predicted octanol–water partition coefficient (Wildman–Crippen LogP) is 1.97. The van der Waals surface area contributed by atoms with Crippen LogP contribution in [0.5, 0.6) is 0 Å². The Bertz CT molecular complexity index is 570. The summed E-state index contributed by atoms with van der Waals surface area (Å²) in [5.74, 6) is 11.5. The molecule has 0 saturated carbocycles. The van der Waals surface area contributed by atoms with Crippen LogP contribution in [0.1, 0.15) is 27.2 Å². The van der Waals surface area contributed by atoms with E-state index in [0.29, 0.717) is 13.0 Å². The Kier molecular flexibility index (Phi) is 134. The average Bonchev–Trinajstić information content (AvgIpc) is 2.78. The van der Waals surface area contributed by atoms with Crippen LogP contribution >= 0.6 is 0 Å². The van der Waals surface area contributed by atoms with Gasteiger partial charge in [-0.3, -0.25) is 4.79 Å². The molecule has 0 bridgehead atoms. The van der Waals surface area contributed by atoms with Crippen molar-refractivity contribution < 1.29 is 71.0 Å². The quantitative estimate of drug-likeness (QED) is 0.329. The van der Waals surface area contributed by atoms with Gasteiger partial charge in [0.1, 0.15) is 12.4 Å². The van der Waals surface area contributed by atoms with Gasteiger partial charge in [0.05, 0.1) is 0 Å². The van der Waals surface area contributed by atoms with Crippen molar-refractivity contribution in [2.24, 2.45) is 5.41 Å². The number of hydrogen-bond donors (Lipinski definition) is 0. The maximum absolute atomic E-state index is 11.2. The van der Waals surface area contributed by atoms with Crippen LogP contribution in [0.2, 0.25) is 0 Å². The Labute approximate surface area is 198 Å². The van der Waals surface area contributed by atoms with Gasteiger partial charge in [0.25, 0.3) is 0 Å². The minimum Gasteiger partial charge on any atom is 0 e. The summed E-state index contributed by atoms with van der Waals surface area (Å²) in [6.45, 7) is 32.8. The molecule has 164 valence electrons. The summed E-state index contributed by atoms with van der Waals surface area (Å²) in [6.07, 6.45) is 3.92. The molecule has 8 nitrogen and oxygen atoms in total. The van der Waals surface area contributed by atoms with Crippen molar-refractivity contribution in [2.75, 3.05) is 13.7 Å². The van der Waals surface area contributed by atoms with Gasteiger partial charge < -0.3 is 4.74 Å². The minimum atomic E-state index is -0.359. The first-order valence-electron chi connectivity index (χ1n) is 6.35. The molecule has 0 aromatic heterocycles. The maximum atomic E-state index is 11.2. The fourth-order valence-electron chi connectivity index (χ4n) is 0.711. The van der Waals surface area contributed by atoms with Gasteiger partial charge >= 0.3 is 67.8 Å². The van der Waals surface area contributed by atoms with Gasteiger partial charge in [-0.25, -0.2) is 0 Å². The summed E-state index contributed by atoms with van der Waals surface area (Å²) in [5.41, 5.74) is -0.359. The van der Waals surface area contributed by atoms with Crippen LogP contribution in [-0.2, 0) is 71.0 Å². The van der Waals surface area contributed by atoms with E-state index in [4.69, 9.17) is 32.6 Å². The average molecular weight is 504 g/mol. The SMILES string of the molecule is COCC#C/C=C\C#CCC(C)(C)C(C)=O.[C-]#[O+].[C-]#[O+].[C-]#[O+].[C-]#[O+].[C-]#[O+].[C-]#[O+].[Co].[Co]. The van der Waals surface area contributed by atoms with E-state index in [0.717, 1.165) is 0 Å². The molecule has 0 aliphatic carbocycles. The normalized spacial score (nSPS) is 5.87. The first-order chi connectivity index (χ1) is 13.5. The molecule has 0 spiro atoms. The molecule has 0 rings (SSSR count). The maximum Gasteiger partial charge on any atom is 0 e. The summed E-state index contributed by atoms with van der Waals surface area (Å²) in [5, 5.41) is 0. The second-order valence-corrected chi connectivity index (χ2v) is 4.03. The zero-order valence-corrected chi connectivity index (χ0v) is 18.6. The van der Waals surface area contributed by atoms with Gasteiger partial charge in [0.2, 0.25) is 0 Å². The summed E-state index contributed by atoms with van der Waals surface area (Å²) >= 11 is 0. The minimum absolute atomic E-state index is 0. The number of Topliss-reactive ketones (excluding diaryl/α,β-unsaturated/α-hetero) is 1. The third-order valence-electron chi connectivity index (χ3n) is 2.15. The molecule has 0 aliphatic rings. The molecule has 0 amide bonds. The Morgan fingerprint density at radius 1 is 0.800 bits per heavy atom. The number of allylic oxidation sites excluding steroid dienone is 2. The number of carbonyl (C=O) groups is 1. The molecule has 2 radical (unpaired) electrons. The van der Waals surface area contributed by atoms with E-state index >= 15 is 0 Å². The van der Waals surface area contributed by atoms with E-state index in [9.17, 15) is 4.79 Å². The van der Waals surface area contributed by atoms with Gasteiger partial charge in [-0.2, -0.15) is 0 Å². The molecule has 0 aromatic rings. The number of carbonyl (C=O) groups excluding carboxylic acids is 1. The van der Waals surface area contributed by atoms with Gasteiger partial charge in [0, 0.05) is 52.5 Å². The fraction of sp³-hybridized carbons (Fsp3) is 0.350. The summed E-state index contributed by atoms with van der Waals surface area (Å²) < 4.78 is 49.8. The molecular weight excluding hydrogens is 486 g/mol. The Balaban J connectivity index is -0.0000000386. The third-order valence-corrected chi connectivity index (χ3v) is 2.15. The number of methoxy groups -OCH3 is 1. The number of ether oxygens (including phenoxy) is 1. The van der Waals surface area contributed by atoms with Gasteiger partial charge in [-0.05, 0) is 19.1 Å². The molecule has 0 heterocycles. The van der Waals surface area contributed by atoms with E-state index in [1.54, 1.807) is 26.2 Å². The molecule has 0 fully saturated rings. The van der Waals surface area contributed by atoms with E-state index in [1.807, 2.05) is 13.8 Å². The van der Waals surface area contributed by atoms with Gasteiger partial charge in [0.15, 0.2) is 0 Å². The first kappa shape index (κ1) is 56.5. The zero-order chi connectivity index (χ0) is 24.4. The molecule has 0 N–H and O–H groups in total. The van der Waals surface area contributed by atoms with Crippen molar-refractivity contribution in [3.8, 4) is 23.7 Å². The van der Waals surface area contributed by atoms with Crippen molar-refractivity contribution >= 4 is 5.78 Å². The summed E-state index contributed by atoms with van der Waals surface area (Å²) in [6, 6.07) is 0. The van der Waals surface area contributed by atoms with Crippen LogP contribution < -0.4 is 0 Å². The molecule has 0 aliphatic heterocycles. The summed E-state index contributed by atoms with van der Waals surface area (Å²) in [4.78, 5) is 11.2. The molecule has 0 saturated heterocycles. The Morgan fingerprint density at radius 2 is 1.10 bits per heavy atom. The van der Waals surface area contributed by atoms with Crippen LogP contribution in [0.15, 0.2) is 12.2 Å². The standard InChI is InChI=1S/C14H18O2.6CO.2Co/c1-13(15)14(2,3)11-9-7-5-6-8-10-12-16-4;6*1-2;;/h5-6H,11-12H2,1-4H3;;;;;;;;/b6-5-;;;;;;;;. The van der Waals surface area contributed by atoms with Crippen LogP contribution in [0.3, 0.4) is 0 Å². The molecule has 0 unspecified atom stereocenters. The van der Waals surface area contributed by atoms with Crippen LogP contribution in [0.4, 0.5) is 0 Å². The van der Waals surface area contributed by atoms with Gasteiger partial charge in [-0.15, -0.1) is 0 Å². The van der Waals surface area contributed by atoms with Crippen molar-refractivity contribution in [2.45, 2.75) is 27.2 Å². The predicted molar refractivity (Wildman–Crippen MR) is 89.2 cm³/mol. The van der Waals surface area contributed by atoms with Gasteiger partial charge in [-0.1, -0.05) is 37.5 Å². The van der Waals surface area contributed by atoms with E-state index in [2.05, 4.69) is 63.6 Å². The molecule has 0 aromatic carbocycles. The third kappa shape index (κ3) is 72.3. The second-order valence-electron chi connectivity index (χ2n) is 4.03. The molecule has 30 heavy (non-hydrogen) atoms. The van der Waals surface area contributed by atoms with Crippen LogP contribution in [0, 0.1) is 69.0 Å². The van der Waals surface area contributed by atoms with Crippen molar-refractivity contribution in [1.82, 2.24) is 0 Å². The first-order valence-corrected chi connectivity index (χ1v) is 6.35. The topological polar surface area (TPSA) is 146 Å². The van der Waals surface area contributed by atoms with Crippen molar-refractivity contribution in [3.05, 3.63) is 52.1 Å². The van der Waals surface area contributed by atoms with Crippen LogP contribution in [-0.4, -0.2) is 19.5 Å².